The van der Waals surface area contributed by atoms with Gasteiger partial charge in [-0.2, -0.15) is 8.42 Å². The molecule has 0 aromatic rings. The van der Waals surface area contributed by atoms with Crippen molar-refractivity contribution >= 4 is 21.6 Å². The summed E-state index contributed by atoms with van der Waals surface area (Å²) in [7, 11) is -2.47. The highest BCUT2D eigenvalue weighted by molar-refractivity contribution is 7.73. The minimum absolute atomic E-state index is 0.273. The molecule has 0 bridgehead atoms. The Morgan fingerprint density at radius 1 is 1.46 bits per heavy atom. The number of carbonyl (C=O) groups excluding carboxylic acids is 1. The number of amides is 1. The van der Waals surface area contributed by atoms with Crippen LogP contribution >= 0.6 is 0 Å². The second kappa shape index (κ2) is 6.19. The Hall–Kier alpha value is -1.36. The fourth-order valence-corrected chi connectivity index (χ4v) is 0.941. The van der Waals surface area contributed by atoms with Crippen molar-refractivity contribution in [3.05, 3.63) is 25.3 Å². The van der Waals surface area contributed by atoms with Crippen LogP contribution in [0, 0.1) is 0 Å². The molecule has 0 aliphatic rings. The van der Waals surface area contributed by atoms with Gasteiger partial charge < -0.3 is 5.32 Å². The van der Waals surface area contributed by atoms with Crippen LogP contribution in [0.4, 0.5) is 0 Å². The van der Waals surface area contributed by atoms with Gasteiger partial charge in [-0.15, -0.1) is 13.2 Å². The molecule has 72 valence electrons. The largest absolute Gasteiger partial charge is 0.345 e. The smallest absolute Gasteiger partial charge is 0.259 e. The molecule has 0 saturated heterocycles. The third-order valence-electron chi connectivity index (χ3n) is 1.24. The fourth-order valence-electron chi connectivity index (χ4n) is 0.698. The van der Waals surface area contributed by atoms with E-state index in [0.717, 1.165) is 0 Å². The van der Waals surface area contributed by atoms with Crippen molar-refractivity contribution in [3.8, 4) is 0 Å². The maximum absolute atomic E-state index is 10.9. The SMILES string of the molecule is C=CCC(C=C)NC(=O)C=S(=O)=O. The van der Waals surface area contributed by atoms with E-state index < -0.39 is 16.2 Å². The Morgan fingerprint density at radius 2 is 2.08 bits per heavy atom. The van der Waals surface area contributed by atoms with E-state index in [4.69, 9.17) is 0 Å². The first-order valence-electron chi connectivity index (χ1n) is 3.57. The van der Waals surface area contributed by atoms with Crippen LogP contribution in [0.2, 0.25) is 0 Å². The van der Waals surface area contributed by atoms with Crippen LogP contribution in [-0.2, 0) is 15.1 Å². The molecular formula is C8H11NO3S. The van der Waals surface area contributed by atoms with Gasteiger partial charge in [0.2, 0.25) is 10.3 Å². The van der Waals surface area contributed by atoms with E-state index in [0.29, 0.717) is 11.8 Å². The number of hydrogen-bond acceptors (Lipinski definition) is 3. The lowest BCUT2D eigenvalue weighted by Gasteiger charge is -2.09. The minimum Gasteiger partial charge on any atom is -0.345 e. The van der Waals surface area contributed by atoms with Crippen LogP contribution in [0.3, 0.4) is 0 Å². The molecule has 1 atom stereocenters. The maximum Gasteiger partial charge on any atom is 0.259 e. The van der Waals surface area contributed by atoms with Crippen LogP contribution in [0.5, 0.6) is 0 Å². The molecule has 0 aliphatic carbocycles. The van der Waals surface area contributed by atoms with Crippen LogP contribution in [-0.4, -0.2) is 25.7 Å². The predicted octanol–water partition coefficient (Wildman–Crippen LogP) is -0.0854. The van der Waals surface area contributed by atoms with Gasteiger partial charge in [0.25, 0.3) is 5.91 Å². The highest BCUT2D eigenvalue weighted by Crippen LogP contribution is 1.92. The molecule has 13 heavy (non-hydrogen) atoms. The summed E-state index contributed by atoms with van der Waals surface area (Å²) in [6.07, 6.45) is 3.65. The van der Waals surface area contributed by atoms with Gasteiger partial charge in [0.15, 0.2) is 0 Å². The van der Waals surface area contributed by atoms with Gasteiger partial charge in [-0.3, -0.25) is 4.79 Å². The second-order valence-corrected chi connectivity index (χ2v) is 3.01. The molecule has 0 aromatic heterocycles. The normalized spacial score (nSPS) is 11.1. The maximum atomic E-state index is 10.9. The van der Waals surface area contributed by atoms with Gasteiger partial charge in [-0.05, 0) is 6.42 Å². The second-order valence-electron chi connectivity index (χ2n) is 2.25. The molecule has 0 radical (unpaired) electrons. The highest BCUT2D eigenvalue weighted by Gasteiger charge is 2.04. The van der Waals surface area contributed by atoms with E-state index in [-0.39, 0.29) is 6.04 Å². The minimum atomic E-state index is -2.47. The summed E-state index contributed by atoms with van der Waals surface area (Å²) in [5.41, 5.74) is 0. The van der Waals surface area contributed by atoms with E-state index in [9.17, 15) is 13.2 Å². The van der Waals surface area contributed by atoms with Crippen LogP contribution in [0.1, 0.15) is 6.42 Å². The van der Waals surface area contributed by atoms with Crippen molar-refractivity contribution in [3.63, 3.8) is 0 Å². The number of nitrogens with one attached hydrogen (secondary N) is 1. The van der Waals surface area contributed by atoms with Crippen LogP contribution in [0.15, 0.2) is 25.3 Å². The quantitative estimate of drug-likeness (QED) is 0.499. The molecule has 1 N–H and O–H groups in total. The van der Waals surface area contributed by atoms with Gasteiger partial charge in [-0.1, -0.05) is 12.2 Å². The van der Waals surface area contributed by atoms with Gasteiger partial charge >= 0.3 is 0 Å². The third-order valence-corrected chi connectivity index (χ3v) is 1.64. The first kappa shape index (κ1) is 11.6. The molecule has 0 aromatic carbocycles. The summed E-state index contributed by atoms with van der Waals surface area (Å²) in [6, 6.07) is -0.273. The lowest BCUT2D eigenvalue weighted by molar-refractivity contribution is -0.114. The molecule has 0 rings (SSSR count). The van der Waals surface area contributed by atoms with Crippen molar-refractivity contribution in [2.45, 2.75) is 12.5 Å². The molecule has 0 saturated carbocycles. The van der Waals surface area contributed by atoms with E-state index >= 15 is 0 Å². The molecule has 5 heteroatoms. The zero-order valence-corrected chi connectivity index (χ0v) is 7.88. The topological polar surface area (TPSA) is 63.2 Å². The average Bonchev–Trinajstić information content (AvgIpc) is 2.02. The first-order valence-corrected chi connectivity index (χ1v) is 4.70. The molecule has 0 fully saturated rings. The number of rotatable bonds is 5. The Morgan fingerprint density at radius 3 is 2.46 bits per heavy atom. The number of carbonyl (C=O) groups is 1. The van der Waals surface area contributed by atoms with Gasteiger partial charge in [0.1, 0.15) is 5.37 Å². The Kier molecular flexibility index (Phi) is 5.54. The standard InChI is InChI=1S/C8H11NO3S/c1-3-5-7(4-2)9-8(10)6-13(11)12/h3-4,6-7H,1-2,5H2,(H,9,10). The summed E-state index contributed by atoms with van der Waals surface area (Å²) in [5, 5.41) is 2.99. The molecule has 0 spiro atoms. The van der Waals surface area contributed by atoms with E-state index in [2.05, 4.69) is 18.5 Å². The molecule has 1 unspecified atom stereocenters. The fraction of sp³-hybridized carbons (Fsp3) is 0.250. The summed E-state index contributed by atoms with van der Waals surface area (Å²) in [4.78, 5) is 10.9. The van der Waals surface area contributed by atoms with E-state index in [1.54, 1.807) is 6.08 Å². The Balaban J connectivity index is 4.24. The zero-order valence-electron chi connectivity index (χ0n) is 7.06. The lowest BCUT2D eigenvalue weighted by Crippen LogP contribution is -2.33. The summed E-state index contributed by atoms with van der Waals surface area (Å²) >= 11 is 0. The summed E-state index contributed by atoms with van der Waals surface area (Å²) < 4.78 is 20.2. The third kappa shape index (κ3) is 5.86. The van der Waals surface area contributed by atoms with E-state index in [1.807, 2.05) is 0 Å². The van der Waals surface area contributed by atoms with Crippen molar-refractivity contribution in [1.29, 1.82) is 0 Å². The van der Waals surface area contributed by atoms with Crippen molar-refractivity contribution in [2.24, 2.45) is 0 Å². The summed E-state index contributed by atoms with van der Waals surface area (Å²) in [5.74, 6) is -0.653. The predicted molar refractivity (Wildman–Crippen MR) is 51.9 cm³/mol. The molecule has 0 aliphatic heterocycles. The zero-order chi connectivity index (χ0) is 10.3. The number of hydrogen-bond donors (Lipinski definition) is 1. The average molecular weight is 201 g/mol. The Labute approximate surface area is 78.5 Å². The highest BCUT2D eigenvalue weighted by atomic mass is 32.2. The van der Waals surface area contributed by atoms with Crippen LogP contribution in [0.25, 0.3) is 0 Å². The van der Waals surface area contributed by atoms with Crippen LogP contribution < -0.4 is 5.32 Å². The van der Waals surface area contributed by atoms with Crippen molar-refractivity contribution in [1.82, 2.24) is 5.32 Å². The van der Waals surface area contributed by atoms with E-state index in [1.165, 1.54) is 6.08 Å². The summed E-state index contributed by atoms with van der Waals surface area (Å²) in [6.45, 7) is 6.97. The molecular weight excluding hydrogens is 190 g/mol. The van der Waals surface area contributed by atoms with Crippen molar-refractivity contribution < 1.29 is 13.2 Å². The monoisotopic (exact) mass is 201 g/mol. The van der Waals surface area contributed by atoms with Gasteiger partial charge in [0, 0.05) is 0 Å². The van der Waals surface area contributed by atoms with Gasteiger partial charge in [0.05, 0.1) is 6.04 Å². The lowest BCUT2D eigenvalue weighted by atomic mass is 10.2. The molecule has 4 nitrogen and oxygen atoms in total. The van der Waals surface area contributed by atoms with Crippen molar-refractivity contribution in [2.75, 3.05) is 0 Å². The Bertz CT molecular complexity index is 321. The molecule has 1 amide bonds. The van der Waals surface area contributed by atoms with Gasteiger partial charge in [-0.25, -0.2) is 0 Å². The first-order chi connectivity index (χ1) is 6.10. The molecule has 0 heterocycles.